The lowest BCUT2D eigenvalue weighted by Crippen LogP contribution is -2.12. The number of aromatic nitrogens is 2. The van der Waals surface area contributed by atoms with E-state index in [0.717, 1.165) is 7.11 Å². The molecule has 15 heteroatoms. The van der Waals surface area contributed by atoms with Crippen molar-refractivity contribution in [3.05, 3.63) is 48.9 Å². The third-order valence-electron chi connectivity index (χ3n) is 3.05. The van der Waals surface area contributed by atoms with Gasteiger partial charge in [0.15, 0.2) is 17.3 Å². The molecule has 1 aromatic carbocycles. The number of hydrogen-bond acceptors (Lipinski definition) is 8. The quantitative estimate of drug-likeness (QED) is 0.445. The normalized spacial score (nSPS) is 11.2. The van der Waals surface area contributed by atoms with E-state index < -0.39 is 61.3 Å². The molecule has 0 saturated heterocycles. The molecule has 1 heterocycles. The van der Waals surface area contributed by atoms with Gasteiger partial charge in [-0.05, 0) is 0 Å². The van der Waals surface area contributed by atoms with Crippen molar-refractivity contribution < 1.29 is 32.1 Å². The molecule has 2 aromatic rings. The monoisotopic (exact) mass is 411 g/mol. The van der Waals surface area contributed by atoms with Gasteiger partial charge < -0.3 is 10.1 Å². The molecule has 27 heavy (non-hydrogen) atoms. The van der Waals surface area contributed by atoms with Crippen LogP contribution in [0.25, 0.3) is 0 Å². The zero-order chi connectivity index (χ0) is 20.5. The number of nitrogens with zero attached hydrogens (tertiary/aromatic N) is 4. The first-order valence-electron chi connectivity index (χ1n) is 6.53. The van der Waals surface area contributed by atoms with Crippen LogP contribution in [0.3, 0.4) is 0 Å². The third-order valence-corrected chi connectivity index (χ3v) is 3.43. The largest absolute Gasteiger partial charge is 0.467 e. The summed E-state index contributed by atoms with van der Waals surface area (Å²) in [5, 5.41) is 22.9. The number of ether oxygens (including phenoxy) is 1. The van der Waals surface area contributed by atoms with Crippen LogP contribution in [0, 0.1) is 26.0 Å². The second kappa shape index (κ2) is 7.14. The molecule has 0 saturated carbocycles. The minimum atomic E-state index is -5.21. The number of methoxy groups -OCH3 is 1. The molecule has 0 aliphatic rings. The van der Waals surface area contributed by atoms with Crippen LogP contribution in [0.1, 0.15) is 5.56 Å². The van der Waals surface area contributed by atoms with E-state index in [1.807, 2.05) is 5.32 Å². The maximum absolute atomic E-state index is 13.8. The van der Waals surface area contributed by atoms with E-state index in [9.17, 15) is 37.8 Å². The van der Waals surface area contributed by atoms with Crippen LogP contribution in [-0.4, -0.2) is 26.9 Å². The van der Waals surface area contributed by atoms with Crippen molar-refractivity contribution in [3.8, 4) is 6.01 Å². The van der Waals surface area contributed by atoms with Gasteiger partial charge in [0.2, 0.25) is 0 Å². The average molecular weight is 412 g/mol. The van der Waals surface area contributed by atoms with Crippen LogP contribution < -0.4 is 10.1 Å². The Morgan fingerprint density at radius 1 is 1.26 bits per heavy atom. The van der Waals surface area contributed by atoms with Gasteiger partial charge in [0.25, 0.3) is 0 Å². The Hall–Kier alpha value is -3.29. The minimum Gasteiger partial charge on any atom is -0.467 e. The summed E-state index contributed by atoms with van der Waals surface area (Å²) >= 11 is 5.46. The highest BCUT2D eigenvalue weighted by atomic mass is 35.5. The number of anilines is 2. The Kier molecular flexibility index (Phi) is 5.30. The molecular formula is C12H6ClF4N5O5. The van der Waals surface area contributed by atoms with Crippen molar-refractivity contribution in [1.29, 1.82) is 0 Å². The Balaban J connectivity index is 2.80. The SMILES string of the molecule is COc1ncc(F)c(Nc2c([N+](=O)[O-])cc(C(F)(F)F)c(Cl)c2[N+](=O)[O-])n1. The van der Waals surface area contributed by atoms with Crippen molar-refractivity contribution in [2.75, 3.05) is 12.4 Å². The average Bonchev–Trinajstić information content (AvgIpc) is 2.55. The third kappa shape index (κ3) is 3.94. The van der Waals surface area contributed by atoms with Gasteiger partial charge in [-0.15, -0.1) is 0 Å². The van der Waals surface area contributed by atoms with E-state index in [4.69, 9.17) is 11.6 Å². The maximum Gasteiger partial charge on any atom is 0.418 e. The molecule has 0 bridgehead atoms. The van der Waals surface area contributed by atoms with Crippen LogP contribution in [0.2, 0.25) is 5.02 Å². The number of hydrogen-bond donors (Lipinski definition) is 1. The highest BCUT2D eigenvalue weighted by molar-refractivity contribution is 6.34. The van der Waals surface area contributed by atoms with Crippen molar-refractivity contribution >= 4 is 34.5 Å². The Bertz CT molecular complexity index is 939. The fraction of sp³-hybridized carbons (Fsp3) is 0.167. The lowest BCUT2D eigenvalue weighted by Gasteiger charge is -2.13. The number of nitro benzene ring substituents is 2. The number of benzene rings is 1. The lowest BCUT2D eigenvalue weighted by atomic mass is 10.1. The summed E-state index contributed by atoms with van der Waals surface area (Å²) in [5.74, 6) is -2.03. The van der Waals surface area contributed by atoms with Crippen molar-refractivity contribution in [1.82, 2.24) is 9.97 Å². The molecule has 144 valence electrons. The van der Waals surface area contributed by atoms with E-state index >= 15 is 0 Å². The predicted molar refractivity (Wildman–Crippen MR) is 81.6 cm³/mol. The zero-order valence-electron chi connectivity index (χ0n) is 12.9. The first-order chi connectivity index (χ1) is 12.5. The van der Waals surface area contributed by atoms with Gasteiger partial charge in [-0.2, -0.15) is 18.2 Å². The first kappa shape index (κ1) is 20.0. The van der Waals surface area contributed by atoms with Gasteiger partial charge >= 0.3 is 23.6 Å². The highest BCUT2D eigenvalue weighted by Crippen LogP contribution is 2.48. The second-order valence-corrected chi connectivity index (χ2v) is 5.05. The highest BCUT2D eigenvalue weighted by Gasteiger charge is 2.42. The number of alkyl halides is 3. The molecule has 0 radical (unpaired) electrons. The van der Waals surface area contributed by atoms with E-state index in [2.05, 4.69) is 14.7 Å². The molecule has 0 aliphatic carbocycles. The molecule has 1 N–H and O–H groups in total. The molecular weight excluding hydrogens is 406 g/mol. The van der Waals surface area contributed by atoms with Crippen LogP contribution in [0.4, 0.5) is 40.4 Å². The minimum absolute atomic E-state index is 0.00596. The molecule has 0 fully saturated rings. The van der Waals surface area contributed by atoms with Gasteiger partial charge in [-0.25, -0.2) is 9.37 Å². The van der Waals surface area contributed by atoms with Gasteiger partial charge in [0.05, 0.1) is 28.7 Å². The molecule has 1 aromatic heterocycles. The van der Waals surface area contributed by atoms with Crippen LogP contribution in [0.15, 0.2) is 12.3 Å². The molecule has 10 nitrogen and oxygen atoms in total. The van der Waals surface area contributed by atoms with Crippen molar-refractivity contribution in [2.24, 2.45) is 0 Å². The van der Waals surface area contributed by atoms with E-state index in [1.165, 1.54) is 0 Å². The summed E-state index contributed by atoms with van der Waals surface area (Å²) in [6.07, 6.45) is -4.63. The number of nitrogens with one attached hydrogen (secondary N) is 1. The standard InChI is InChI=1S/C12H6ClF4N5O5/c1-27-11-18-3-5(14)10(20-11)19-8-6(21(23)24)2-4(12(15,16)17)7(13)9(8)22(25)26/h2-3H,1H3,(H,18,19,20). The summed E-state index contributed by atoms with van der Waals surface area (Å²) in [4.78, 5) is 26.6. The summed E-state index contributed by atoms with van der Waals surface area (Å²) in [6.45, 7) is 0. The van der Waals surface area contributed by atoms with Crippen molar-refractivity contribution in [2.45, 2.75) is 6.18 Å². The molecule has 0 spiro atoms. The Morgan fingerprint density at radius 3 is 2.37 bits per heavy atom. The van der Waals surface area contributed by atoms with E-state index in [0.29, 0.717) is 6.20 Å². The molecule has 2 rings (SSSR count). The Labute approximate surface area is 151 Å². The van der Waals surface area contributed by atoms with Crippen LogP contribution in [0.5, 0.6) is 6.01 Å². The van der Waals surface area contributed by atoms with Crippen LogP contribution >= 0.6 is 11.6 Å². The lowest BCUT2D eigenvalue weighted by molar-refractivity contribution is -0.392. The Morgan fingerprint density at radius 2 is 1.89 bits per heavy atom. The van der Waals surface area contributed by atoms with E-state index in [1.54, 1.807) is 0 Å². The summed E-state index contributed by atoms with van der Waals surface area (Å²) in [5.41, 5.74) is -5.73. The predicted octanol–water partition coefficient (Wildman–Crippen LogP) is 3.86. The molecule has 0 unspecified atom stereocenters. The smallest absolute Gasteiger partial charge is 0.418 e. The number of nitro groups is 2. The molecule has 0 atom stereocenters. The summed E-state index contributed by atoms with van der Waals surface area (Å²) in [7, 11) is 1.11. The fourth-order valence-corrected chi connectivity index (χ4v) is 2.26. The molecule has 0 aliphatic heterocycles. The number of halogens is 5. The first-order valence-corrected chi connectivity index (χ1v) is 6.91. The van der Waals surface area contributed by atoms with Crippen molar-refractivity contribution in [3.63, 3.8) is 0 Å². The zero-order valence-corrected chi connectivity index (χ0v) is 13.6. The van der Waals surface area contributed by atoms with Gasteiger partial charge in [0, 0.05) is 6.07 Å². The fourth-order valence-electron chi connectivity index (χ4n) is 1.93. The van der Waals surface area contributed by atoms with Gasteiger partial charge in [-0.3, -0.25) is 20.2 Å². The number of rotatable bonds is 5. The second-order valence-electron chi connectivity index (χ2n) is 4.67. The summed E-state index contributed by atoms with van der Waals surface area (Å²) in [6, 6.07) is -0.421. The maximum atomic E-state index is 13.8. The van der Waals surface area contributed by atoms with Crippen LogP contribution in [-0.2, 0) is 6.18 Å². The van der Waals surface area contributed by atoms with Gasteiger partial charge in [-0.1, -0.05) is 11.6 Å². The topological polar surface area (TPSA) is 133 Å². The van der Waals surface area contributed by atoms with E-state index in [-0.39, 0.29) is 6.07 Å². The summed E-state index contributed by atoms with van der Waals surface area (Å²) < 4.78 is 57.5. The van der Waals surface area contributed by atoms with Gasteiger partial charge in [0.1, 0.15) is 5.02 Å². The molecule has 0 amide bonds.